The van der Waals surface area contributed by atoms with Crippen molar-refractivity contribution in [2.45, 2.75) is 38.1 Å². The number of ether oxygens (including phenoxy) is 1. The molecule has 0 saturated carbocycles. The van der Waals surface area contributed by atoms with Crippen LogP contribution >= 0.6 is 0 Å². The van der Waals surface area contributed by atoms with E-state index >= 15 is 0 Å². The van der Waals surface area contributed by atoms with Gasteiger partial charge in [0.1, 0.15) is 17.1 Å². The molecule has 0 aliphatic carbocycles. The third kappa shape index (κ3) is 4.06. The molecule has 0 radical (unpaired) electrons. The lowest BCUT2D eigenvalue weighted by Gasteiger charge is -2.17. The van der Waals surface area contributed by atoms with Gasteiger partial charge in [-0.3, -0.25) is 0 Å². The Morgan fingerprint density at radius 3 is 2.83 bits per heavy atom. The fraction of sp³-hybridized carbons (Fsp3) is 0.455. The zero-order valence-electron chi connectivity index (χ0n) is 17.7. The maximum Gasteiger partial charge on any atom is 0.243 e. The van der Waals surface area contributed by atoms with Gasteiger partial charge in [-0.2, -0.15) is 4.31 Å². The topological polar surface area (TPSA) is 77.3 Å². The van der Waals surface area contributed by atoms with Crippen LogP contribution in [0.3, 0.4) is 0 Å². The summed E-state index contributed by atoms with van der Waals surface area (Å²) < 4.78 is 35.2. The fourth-order valence-corrected chi connectivity index (χ4v) is 5.64. The molecule has 160 valence electrons. The summed E-state index contributed by atoms with van der Waals surface area (Å²) in [4.78, 5) is 9.61. The van der Waals surface area contributed by atoms with Gasteiger partial charge in [-0.25, -0.2) is 18.4 Å². The number of hydrogen-bond donors (Lipinski definition) is 0. The van der Waals surface area contributed by atoms with Gasteiger partial charge in [-0.1, -0.05) is 19.9 Å². The van der Waals surface area contributed by atoms with Crippen LogP contribution < -0.4 is 4.74 Å². The van der Waals surface area contributed by atoms with Crippen LogP contribution in [0.15, 0.2) is 47.5 Å². The molecule has 1 fully saturated rings. The molecule has 1 aromatic carbocycles. The quantitative estimate of drug-likeness (QED) is 0.577. The van der Waals surface area contributed by atoms with Gasteiger partial charge in [0.2, 0.25) is 10.0 Å². The van der Waals surface area contributed by atoms with Crippen molar-refractivity contribution in [2.24, 2.45) is 11.8 Å². The maximum atomic E-state index is 13.1. The van der Waals surface area contributed by atoms with Gasteiger partial charge in [0.25, 0.3) is 0 Å². The number of sulfonamides is 1. The largest absolute Gasteiger partial charge is 0.497 e. The van der Waals surface area contributed by atoms with Crippen molar-refractivity contribution in [3.8, 4) is 5.75 Å². The van der Waals surface area contributed by atoms with Crippen molar-refractivity contribution in [2.75, 3.05) is 20.2 Å². The van der Waals surface area contributed by atoms with Gasteiger partial charge in [0.05, 0.1) is 12.0 Å². The summed E-state index contributed by atoms with van der Waals surface area (Å²) in [6.07, 6.45) is 3.36. The fourth-order valence-electron chi connectivity index (χ4n) is 4.07. The first kappa shape index (κ1) is 20.8. The number of nitrogens with zero attached hydrogens (tertiary/aromatic N) is 4. The van der Waals surface area contributed by atoms with Crippen LogP contribution in [-0.2, 0) is 23.0 Å². The maximum absolute atomic E-state index is 13.1. The number of methoxy groups -OCH3 is 1. The van der Waals surface area contributed by atoms with E-state index in [4.69, 9.17) is 9.72 Å². The zero-order valence-corrected chi connectivity index (χ0v) is 18.5. The van der Waals surface area contributed by atoms with E-state index in [1.54, 1.807) is 34.8 Å². The van der Waals surface area contributed by atoms with Gasteiger partial charge in [0, 0.05) is 38.3 Å². The molecule has 1 aliphatic rings. The summed E-state index contributed by atoms with van der Waals surface area (Å²) in [5.74, 6) is 2.23. The molecule has 0 spiro atoms. The summed E-state index contributed by atoms with van der Waals surface area (Å²) >= 11 is 0. The monoisotopic (exact) mass is 428 g/mol. The van der Waals surface area contributed by atoms with Gasteiger partial charge >= 0.3 is 0 Å². The zero-order chi connectivity index (χ0) is 21.3. The molecule has 1 saturated heterocycles. The summed E-state index contributed by atoms with van der Waals surface area (Å²) in [6, 6.07) is 10.5. The number of pyridine rings is 1. The van der Waals surface area contributed by atoms with Crippen molar-refractivity contribution >= 4 is 21.2 Å². The van der Waals surface area contributed by atoms with Gasteiger partial charge in [0.15, 0.2) is 5.65 Å². The molecule has 2 aromatic heterocycles. The highest BCUT2D eigenvalue weighted by molar-refractivity contribution is 7.89. The molecule has 4 rings (SSSR count). The lowest BCUT2D eigenvalue weighted by Crippen LogP contribution is -2.29. The molecule has 1 aliphatic heterocycles. The first-order valence-electron chi connectivity index (χ1n) is 10.3. The molecule has 30 heavy (non-hydrogen) atoms. The van der Waals surface area contributed by atoms with E-state index in [9.17, 15) is 8.42 Å². The minimum absolute atomic E-state index is 0.230. The van der Waals surface area contributed by atoms with Crippen molar-refractivity contribution in [1.29, 1.82) is 0 Å². The average molecular weight is 429 g/mol. The lowest BCUT2D eigenvalue weighted by atomic mass is 10.0. The molecule has 0 bridgehead atoms. The first-order chi connectivity index (χ1) is 14.4. The van der Waals surface area contributed by atoms with E-state index in [1.165, 1.54) is 7.11 Å². The van der Waals surface area contributed by atoms with Crippen molar-refractivity contribution in [3.05, 3.63) is 48.4 Å². The number of aromatic nitrogens is 3. The highest BCUT2D eigenvalue weighted by Gasteiger charge is 2.33. The van der Waals surface area contributed by atoms with E-state index in [1.807, 2.05) is 12.1 Å². The van der Waals surface area contributed by atoms with Crippen molar-refractivity contribution in [1.82, 2.24) is 18.8 Å². The number of benzene rings is 1. The van der Waals surface area contributed by atoms with Gasteiger partial charge in [-0.05, 0) is 42.5 Å². The number of rotatable bonds is 7. The van der Waals surface area contributed by atoms with Crippen LogP contribution in [0.25, 0.3) is 11.2 Å². The minimum atomic E-state index is -3.54. The third-order valence-corrected chi connectivity index (χ3v) is 7.39. The van der Waals surface area contributed by atoms with Crippen LogP contribution in [0, 0.1) is 11.8 Å². The normalized spacial score (nSPS) is 17.8. The molecule has 8 heteroatoms. The molecular weight excluding hydrogens is 400 g/mol. The molecule has 3 aromatic rings. The van der Waals surface area contributed by atoms with E-state index in [0.29, 0.717) is 24.8 Å². The van der Waals surface area contributed by atoms with E-state index in [2.05, 4.69) is 23.4 Å². The average Bonchev–Trinajstić information content (AvgIpc) is 3.34. The third-order valence-electron chi connectivity index (χ3n) is 5.53. The Kier molecular flexibility index (Phi) is 5.79. The predicted molar refractivity (Wildman–Crippen MR) is 116 cm³/mol. The standard InChI is InChI=1S/C22H28N4O3S/c1-16(2)14-26-21(24-20-8-5-10-23-22(20)26)12-17-9-11-25(15-17)30(27,28)19-7-4-6-18(13-19)29-3/h4-8,10,13,16-17H,9,11-12,14-15H2,1-3H3/t17-/m0/s1. The van der Waals surface area contributed by atoms with Crippen LogP contribution in [-0.4, -0.2) is 47.5 Å². The van der Waals surface area contributed by atoms with Crippen LogP contribution in [0.2, 0.25) is 0 Å². The van der Waals surface area contributed by atoms with Gasteiger partial charge < -0.3 is 9.30 Å². The van der Waals surface area contributed by atoms with E-state index in [-0.39, 0.29) is 10.8 Å². The van der Waals surface area contributed by atoms with Crippen molar-refractivity contribution < 1.29 is 13.2 Å². The van der Waals surface area contributed by atoms with E-state index < -0.39 is 10.0 Å². The van der Waals surface area contributed by atoms with Crippen LogP contribution in [0.5, 0.6) is 5.75 Å². The second kappa shape index (κ2) is 8.35. The number of imidazole rings is 1. The Labute approximate surface area is 177 Å². The van der Waals surface area contributed by atoms with Crippen molar-refractivity contribution in [3.63, 3.8) is 0 Å². The summed E-state index contributed by atoms with van der Waals surface area (Å²) in [5, 5.41) is 0. The molecule has 0 amide bonds. The summed E-state index contributed by atoms with van der Waals surface area (Å²) in [5.41, 5.74) is 1.80. The molecule has 7 nitrogen and oxygen atoms in total. The molecular formula is C22H28N4O3S. The van der Waals surface area contributed by atoms with Crippen LogP contribution in [0.1, 0.15) is 26.1 Å². The summed E-state index contributed by atoms with van der Waals surface area (Å²) in [6.45, 7) is 6.22. The highest BCUT2D eigenvalue weighted by atomic mass is 32.2. The molecule has 1 atom stereocenters. The Balaban J connectivity index is 1.54. The predicted octanol–water partition coefficient (Wildman–Crippen LogP) is 3.35. The van der Waals surface area contributed by atoms with Crippen LogP contribution in [0.4, 0.5) is 0 Å². The minimum Gasteiger partial charge on any atom is -0.497 e. The number of fused-ring (bicyclic) bond motifs is 1. The molecule has 3 heterocycles. The Morgan fingerprint density at radius 1 is 1.23 bits per heavy atom. The second-order valence-electron chi connectivity index (χ2n) is 8.28. The number of hydrogen-bond acceptors (Lipinski definition) is 5. The smallest absolute Gasteiger partial charge is 0.243 e. The SMILES string of the molecule is COc1cccc(S(=O)(=O)N2CC[C@@H](Cc3nc4cccnc4n3CC(C)C)C2)c1. The van der Waals surface area contributed by atoms with E-state index in [0.717, 1.165) is 36.4 Å². The molecule has 0 N–H and O–H groups in total. The molecule has 0 unspecified atom stereocenters. The van der Waals surface area contributed by atoms with Gasteiger partial charge in [-0.15, -0.1) is 0 Å². The Morgan fingerprint density at radius 2 is 2.07 bits per heavy atom. The Hall–Kier alpha value is -2.45. The summed E-state index contributed by atoms with van der Waals surface area (Å²) in [7, 11) is -2.00. The highest BCUT2D eigenvalue weighted by Crippen LogP contribution is 2.29. The first-order valence-corrected chi connectivity index (χ1v) is 11.8. The lowest BCUT2D eigenvalue weighted by molar-refractivity contribution is 0.412. The Bertz CT molecular complexity index is 1140. The second-order valence-corrected chi connectivity index (χ2v) is 10.2.